The predicted octanol–water partition coefficient (Wildman–Crippen LogP) is 3.61. The van der Waals surface area contributed by atoms with Gasteiger partial charge in [-0.3, -0.25) is 4.79 Å². The Bertz CT molecular complexity index is 996. The summed E-state index contributed by atoms with van der Waals surface area (Å²) >= 11 is 0. The highest BCUT2D eigenvalue weighted by molar-refractivity contribution is 7.89. The number of hydrogen-bond donors (Lipinski definition) is 0. The maximum Gasteiger partial charge on any atom is 0.265 e. The number of anilines is 1. The third kappa shape index (κ3) is 4.23. The summed E-state index contributed by atoms with van der Waals surface area (Å²) in [4.78, 5) is 14.8. The molecule has 2 heterocycles. The number of hydrogen-bond acceptors (Lipinski definition) is 4. The standard InChI is InChI=1S/C23H28N2O4S/c1-18-16-19-8-4-5-9-22(19)25(18)23(26)17-29-20-10-12-21(13-11-20)30(27,28)24-14-6-2-3-7-15-24/h4-5,8-13,18H,2-3,6-7,14-17H2,1H3. The minimum atomic E-state index is -3.48. The Morgan fingerprint density at radius 1 is 1.00 bits per heavy atom. The Hall–Kier alpha value is -2.38. The van der Waals surface area contributed by atoms with E-state index in [9.17, 15) is 13.2 Å². The first-order valence-corrected chi connectivity index (χ1v) is 12.0. The van der Waals surface area contributed by atoms with Crippen LogP contribution in [0.1, 0.15) is 38.2 Å². The van der Waals surface area contributed by atoms with E-state index in [2.05, 4.69) is 0 Å². The van der Waals surface area contributed by atoms with Crippen molar-refractivity contribution < 1.29 is 17.9 Å². The van der Waals surface area contributed by atoms with Crippen molar-refractivity contribution in [2.75, 3.05) is 24.6 Å². The monoisotopic (exact) mass is 428 g/mol. The molecule has 1 fully saturated rings. The molecular formula is C23H28N2O4S. The summed E-state index contributed by atoms with van der Waals surface area (Å²) in [5, 5.41) is 0. The number of fused-ring (bicyclic) bond motifs is 1. The fourth-order valence-corrected chi connectivity index (χ4v) is 5.82. The Morgan fingerprint density at radius 2 is 1.67 bits per heavy atom. The number of benzene rings is 2. The summed E-state index contributed by atoms with van der Waals surface area (Å²) in [6.07, 6.45) is 4.80. The van der Waals surface area contributed by atoms with Crippen molar-refractivity contribution in [3.8, 4) is 5.75 Å². The average Bonchev–Trinajstić information content (AvgIpc) is 2.91. The SMILES string of the molecule is CC1Cc2ccccc2N1C(=O)COc1ccc(S(=O)(=O)N2CCCCCC2)cc1. The lowest BCUT2D eigenvalue weighted by molar-refractivity contribution is -0.120. The Morgan fingerprint density at radius 3 is 2.37 bits per heavy atom. The van der Waals surface area contributed by atoms with Crippen LogP contribution in [0.15, 0.2) is 53.4 Å². The Balaban J connectivity index is 1.40. The largest absolute Gasteiger partial charge is 0.484 e. The van der Waals surface area contributed by atoms with E-state index in [0.717, 1.165) is 37.8 Å². The highest BCUT2D eigenvalue weighted by atomic mass is 32.2. The second kappa shape index (κ2) is 8.78. The topological polar surface area (TPSA) is 66.9 Å². The van der Waals surface area contributed by atoms with Gasteiger partial charge in [-0.2, -0.15) is 4.31 Å². The molecule has 4 rings (SSSR count). The zero-order chi connectivity index (χ0) is 21.1. The van der Waals surface area contributed by atoms with E-state index in [4.69, 9.17) is 4.74 Å². The minimum absolute atomic E-state index is 0.0864. The van der Waals surface area contributed by atoms with Crippen LogP contribution in [0.2, 0.25) is 0 Å². The molecule has 2 aromatic rings. The van der Waals surface area contributed by atoms with E-state index >= 15 is 0 Å². The molecule has 160 valence electrons. The molecule has 0 N–H and O–H groups in total. The molecule has 0 spiro atoms. The number of sulfonamides is 1. The van der Waals surface area contributed by atoms with Gasteiger partial charge in [0.25, 0.3) is 5.91 Å². The van der Waals surface area contributed by atoms with Crippen LogP contribution in [-0.2, 0) is 21.2 Å². The number of para-hydroxylation sites is 1. The molecule has 1 saturated heterocycles. The normalized spacial score (nSPS) is 19.9. The van der Waals surface area contributed by atoms with E-state index in [1.807, 2.05) is 31.2 Å². The second-order valence-electron chi connectivity index (χ2n) is 8.02. The van der Waals surface area contributed by atoms with Crippen LogP contribution in [-0.4, -0.2) is 44.4 Å². The molecule has 7 heteroatoms. The van der Waals surface area contributed by atoms with Crippen molar-refractivity contribution >= 4 is 21.6 Å². The number of carbonyl (C=O) groups excluding carboxylic acids is 1. The van der Waals surface area contributed by atoms with Gasteiger partial charge in [0, 0.05) is 24.8 Å². The zero-order valence-electron chi connectivity index (χ0n) is 17.3. The summed E-state index contributed by atoms with van der Waals surface area (Å²) in [5.74, 6) is 0.381. The van der Waals surface area contributed by atoms with Gasteiger partial charge in [0.1, 0.15) is 5.75 Å². The average molecular weight is 429 g/mol. The van der Waals surface area contributed by atoms with E-state index < -0.39 is 10.0 Å². The van der Waals surface area contributed by atoms with Gasteiger partial charge < -0.3 is 9.64 Å². The van der Waals surface area contributed by atoms with Crippen LogP contribution in [0.4, 0.5) is 5.69 Å². The molecule has 2 aromatic carbocycles. The summed E-state index contributed by atoms with van der Waals surface area (Å²) in [6, 6.07) is 14.4. The zero-order valence-corrected chi connectivity index (χ0v) is 18.1. The number of carbonyl (C=O) groups is 1. The molecule has 0 radical (unpaired) electrons. The fourth-order valence-electron chi connectivity index (χ4n) is 4.30. The van der Waals surface area contributed by atoms with Gasteiger partial charge in [-0.15, -0.1) is 0 Å². The third-order valence-corrected chi connectivity index (χ3v) is 7.78. The summed E-state index contributed by atoms with van der Waals surface area (Å²) in [6.45, 7) is 3.09. The number of amides is 1. The van der Waals surface area contributed by atoms with Crippen LogP contribution in [0, 0.1) is 0 Å². The predicted molar refractivity (Wildman–Crippen MR) is 116 cm³/mol. The third-order valence-electron chi connectivity index (χ3n) is 5.86. The highest BCUT2D eigenvalue weighted by Gasteiger charge is 2.30. The van der Waals surface area contributed by atoms with E-state index in [1.165, 1.54) is 5.56 Å². The molecule has 0 aromatic heterocycles. The first kappa shape index (κ1) is 20.9. The van der Waals surface area contributed by atoms with Gasteiger partial charge in [0.05, 0.1) is 4.90 Å². The molecule has 1 atom stereocenters. The molecule has 1 unspecified atom stereocenters. The van der Waals surface area contributed by atoms with Gasteiger partial charge in [-0.25, -0.2) is 8.42 Å². The molecule has 1 amide bonds. The van der Waals surface area contributed by atoms with E-state index in [1.54, 1.807) is 33.5 Å². The molecule has 30 heavy (non-hydrogen) atoms. The van der Waals surface area contributed by atoms with Gasteiger partial charge in [0.2, 0.25) is 10.0 Å². The summed E-state index contributed by atoms with van der Waals surface area (Å²) < 4.78 is 33.0. The van der Waals surface area contributed by atoms with Crippen molar-refractivity contribution in [2.45, 2.75) is 50.0 Å². The Labute approximate surface area is 178 Å². The van der Waals surface area contributed by atoms with Crippen molar-refractivity contribution in [3.05, 3.63) is 54.1 Å². The number of ether oxygens (including phenoxy) is 1. The lowest BCUT2D eigenvalue weighted by Gasteiger charge is -2.23. The van der Waals surface area contributed by atoms with Crippen molar-refractivity contribution in [1.82, 2.24) is 4.31 Å². The van der Waals surface area contributed by atoms with Gasteiger partial charge in [0.15, 0.2) is 6.61 Å². The van der Waals surface area contributed by atoms with Crippen LogP contribution in [0.25, 0.3) is 0 Å². The first-order valence-electron chi connectivity index (χ1n) is 10.6. The molecule has 2 aliphatic rings. The molecule has 2 aliphatic heterocycles. The van der Waals surface area contributed by atoms with Crippen LogP contribution in [0.5, 0.6) is 5.75 Å². The lowest BCUT2D eigenvalue weighted by atomic mass is 10.1. The van der Waals surface area contributed by atoms with Gasteiger partial charge >= 0.3 is 0 Å². The fraction of sp³-hybridized carbons (Fsp3) is 0.435. The van der Waals surface area contributed by atoms with Gasteiger partial charge in [-0.1, -0.05) is 31.0 Å². The maximum atomic E-state index is 12.9. The van der Waals surface area contributed by atoms with Crippen molar-refractivity contribution in [3.63, 3.8) is 0 Å². The van der Waals surface area contributed by atoms with Crippen LogP contribution >= 0.6 is 0 Å². The Kier molecular flexibility index (Phi) is 6.11. The molecule has 0 aliphatic carbocycles. The van der Waals surface area contributed by atoms with E-state index in [-0.39, 0.29) is 23.5 Å². The first-order chi connectivity index (χ1) is 14.5. The molecular weight excluding hydrogens is 400 g/mol. The molecule has 0 bridgehead atoms. The quantitative estimate of drug-likeness (QED) is 0.730. The van der Waals surface area contributed by atoms with Gasteiger partial charge in [-0.05, 0) is 62.1 Å². The number of rotatable bonds is 5. The summed E-state index contributed by atoms with van der Waals surface area (Å²) in [5.41, 5.74) is 2.11. The summed E-state index contributed by atoms with van der Waals surface area (Å²) in [7, 11) is -3.48. The smallest absolute Gasteiger partial charge is 0.265 e. The van der Waals surface area contributed by atoms with Crippen LogP contribution in [0.3, 0.4) is 0 Å². The van der Waals surface area contributed by atoms with Crippen molar-refractivity contribution in [1.29, 1.82) is 0 Å². The minimum Gasteiger partial charge on any atom is -0.484 e. The maximum absolute atomic E-state index is 12.9. The second-order valence-corrected chi connectivity index (χ2v) is 9.96. The van der Waals surface area contributed by atoms with Crippen molar-refractivity contribution in [2.24, 2.45) is 0 Å². The molecule has 0 saturated carbocycles. The van der Waals surface area contributed by atoms with E-state index in [0.29, 0.717) is 18.8 Å². The van der Waals surface area contributed by atoms with Crippen LogP contribution < -0.4 is 9.64 Å². The molecule has 6 nitrogen and oxygen atoms in total. The highest BCUT2D eigenvalue weighted by Crippen LogP contribution is 2.32. The number of nitrogens with zero attached hydrogens (tertiary/aromatic N) is 2. The lowest BCUT2D eigenvalue weighted by Crippen LogP contribution is -2.39.